The van der Waals surface area contributed by atoms with Gasteiger partial charge in [0, 0.05) is 49.4 Å². The molecule has 0 unspecified atom stereocenters. The Morgan fingerprint density at radius 2 is 1.94 bits per heavy atom. The van der Waals surface area contributed by atoms with Gasteiger partial charge in [-0.05, 0) is 25.8 Å². The van der Waals surface area contributed by atoms with Crippen LogP contribution in [0.3, 0.4) is 0 Å². The number of aromatic nitrogens is 2. The Hall–Kier alpha value is -2.73. The van der Waals surface area contributed by atoms with E-state index in [1.54, 1.807) is 24.0 Å². The van der Waals surface area contributed by atoms with Crippen molar-refractivity contribution in [3.8, 4) is 0 Å². The van der Waals surface area contributed by atoms with Crippen LogP contribution in [0.2, 0.25) is 0 Å². The van der Waals surface area contributed by atoms with E-state index in [-0.39, 0.29) is 17.5 Å². The molecule has 12 heteroatoms. The van der Waals surface area contributed by atoms with E-state index in [0.717, 1.165) is 22.3 Å². The zero-order chi connectivity index (χ0) is 23.4. The van der Waals surface area contributed by atoms with E-state index in [1.165, 1.54) is 42.0 Å². The minimum Gasteiger partial charge on any atom is -0.353 e. The molecule has 2 heterocycles. The first kappa shape index (κ1) is 23.4. The molecular weight excluding hydrogens is 464 g/mol. The van der Waals surface area contributed by atoms with E-state index in [9.17, 15) is 19.7 Å². The van der Waals surface area contributed by atoms with Gasteiger partial charge in [0.1, 0.15) is 0 Å². The maximum absolute atomic E-state index is 12.9. The van der Waals surface area contributed by atoms with Crippen LogP contribution in [0, 0.1) is 17.0 Å². The molecule has 1 aromatic carbocycles. The predicted octanol–water partition coefficient (Wildman–Crippen LogP) is 2.87. The maximum atomic E-state index is 12.9. The Morgan fingerprint density at radius 3 is 2.64 bits per heavy atom. The maximum Gasteiger partial charge on any atom is 0.273 e. The minimum absolute atomic E-state index is 0.0345. The molecule has 4 rings (SSSR count). The molecule has 2 amide bonds. The summed E-state index contributed by atoms with van der Waals surface area (Å²) in [7, 11) is 0. The number of piperazine rings is 1. The summed E-state index contributed by atoms with van der Waals surface area (Å²) in [4.78, 5) is 39.6. The first-order chi connectivity index (χ1) is 15.9. The first-order valence-corrected chi connectivity index (χ1v) is 12.8. The van der Waals surface area contributed by atoms with E-state index < -0.39 is 4.92 Å². The Balaban J connectivity index is 1.28. The van der Waals surface area contributed by atoms with Crippen LogP contribution in [0.15, 0.2) is 22.5 Å². The van der Waals surface area contributed by atoms with E-state index in [4.69, 9.17) is 0 Å². The van der Waals surface area contributed by atoms with E-state index >= 15 is 0 Å². The van der Waals surface area contributed by atoms with E-state index in [1.807, 2.05) is 0 Å². The number of carbonyl (C=O) groups excluding carboxylic acids is 2. The Morgan fingerprint density at radius 1 is 1.21 bits per heavy atom. The van der Waals surface area contributed by atoms with Crippen molar-refractivity contribution >= 4 is 45.7 Å². The number of anilines is 1. The number of nitrogens with one attached hydrogen (secondary N) is 1. The van der Waals surface area contributed by atoms with Crippen molar-refractivity contribution < 1.29 is 14.5 Å². The van der Waals surface area contributed by atoms with Crippen LogP contribution in [0.1, 0.15) is 41.6 Å². The van der Waals surface area contributed by atoms with E-state index in [2.05, 4.69) is 20.4 Å². The van der Waals surface area contributed by atoms with Crippen LogP contribution in [0.5, 0.6) is 0 Å². The van der Waals surface area contributed by atoms with Gasteiger partial charge < -0.3 is 15.1 Å². The van der Waals surface area contributed by atoms with Gasteiger partial charge in [-0.25, -0.2) is 0 Å². The number of nitro groups is 1. The highest BCUT2D eigenvalue weighted by atomic mass is 32.2. The molecule has 10 nitrogen and oxygen atoms in total. The second-order valence-electron chi connectivity index (χ2n) is 8.17. The number of nitro benzene ring substituents is 1. The fourth-order valence-electron chi connectivity index (χ4n) is 4.18. The highest BCUT2D eigenvalue weighted by Crippen LogP contribution is 2.29. The van der Waals surface area contributed by atoms with Gasteiger partial charge in [-0.3, -0.25) is 19.7 Å². The summed E-state index contributed by atoms with van der Waals surface area (Å²) in [6.07, 6.45) is 4.49. The largest absolute Gasteiger partial charge is 0.353 e. The highest BCUT2D eigenvalue weighted by molar-refractivity contribution is 8.01. The van der Waals surface area contributed by atoms with Gasteiger partial charge in [0.25, 0.3) is 11.6 Å². The third kappa shape index (κ3) is 5.61. The van der Waals surface area contributed by atoms with Crippen molar-refractivity contribution in [2.75, 3.05) is 36.8 Å². The average Bonchev–Trinajstić information content (AvgIpc) is 3.49. The fraction of sp³-hybridized carbons (Fsp3) is 0.524. The summed E-state index contributed by atoms with van der Waals surface area (Å²) in [5, 5.41) is 23.5. The number of hydrogen-bond donors (Lipinski definition) is 1. The summed E-state index contributed by atoms with van der Waals surface area (Å²) in [5.74, 6) is 0.167. The molecule has 33 heavy (non-hydrogen) atoms. The van der Waals surface area contributed by atoms with Gasteiger partial charge >= 0.3 is 0 Å². The summed E-state index contributed by atoms with van der Waals surface area (Å²) in [6.45, 7) is 3.79. The lowest BCUT2D eigenvalue weighted by Gasteiger charge is -2.34. The van der Waals surface area contributed by atoms with Crippen molar-refractivity contribution in [1.82, 2.24) is 20.4 Å². The first-order valence-electron chi connectivity index (χ1n) is 11.0. The van der Waals surface area contributed by atoms with Crippen LogP contribution in [0.25, 0.3) is 0 Å². The number of benzene rings is 1. The van der Waals surface area contributed by atoms with Crippen LogP contribution < -0.4 is 10.2 Å². The van der Waals surface area contributed by atoms with Crippen molar-refractivity contribution in [2.24, 2.45) is 0 Å². The molecule has 0 atom stereocenters. The molecule has 1 aromatic heterocycles. The summed E-state index contributed by atoms with van der Waals surface area (Å²) < 4.78 is 0.747. The Labute approximate surface area is 199 Å². The normalized spacial score (nSPS) is 16.8. The molecule has 1 N–H and O–H groups in total. The summed E-state index contributed by atoms with van der Waals surface area (Å²) in [5.41, 5.74) is 0.705. The fourth-order valence-corrected chi connectivity index (χ4v) is 5.88. The van der Waals surface area contributed by atoms with Crippen LogP contribution in [-0.2, 0) is 4.79 Å². The molecule has 176 valence electrons. The molecule has 1 aliphatic heterocycles. The molecule has 2 aromatic rings. The zero-order valence-corrected chi connectivity index (χ0v) is 20.0. The molecule has 0 spiro atoms. The number of nitrogens with zero attached hydrogens (tertiary/aromatic N) is 5. The lowest BCUT2D eigenvalue weighted by molar-refractivity contribution is -0.385. The van der Waals surface area contributed by atoms with Gasteiger partial charge in [-0.1, -0.05) is 42.0 Å². The topological polar surface area (TPSA) is 122 Å². The van der Waals surface area contributed by atoms with E-state index in [0.29, 0.717) is 49.1 Å². The number of rotatable bonds is 7. The van der Waals surface area contributed by atoms with Crippen molar-refractivity contribution in [3.63, 3.8) is 0 Å². The smallest absolute Gasteiger partial charge is 0.273 e. The van der Waals surface area contributed by atoms with Crippen molar-refractivity contribution in [2.45, 2.75) is 43.0 Å². The second kappa shape index (κ2) is 10.5. The van der Waals surface area contributed by atoms with Gasteiger partial charge in [0.2, 0.25) is 11.0 Å². The molecule has 1 saturated heterocycles. The third-order valence-corrected chi connectivity index (χ3v) is 8.13. The minimum atomic E-state index is -0.465. The predicted molar refractivity (Wildman–Crippen MR) is 127 cm³/mol. The highest BCUT2D eigenvalue weighted by Gasteiger charge is 2.27. The molecule has 1 saturated carbocycles. The Bertz CT molecular complexity index is 1030. The standard InChI is InChI=1S/C21H26N6O4S2/c1-14-16(7-4-8-17(14)27(30)31)19(29)25-9-11-26(12-10-25)20-23-24-21(33-20)32-13-18(28)22-15-5-2-3-6-15/h4,7-8,15H,2-3,5-6,9-13H2,1H3,(H,22,28). The lowest BCUT2D eigenvalue weighted by atomic mass is 10.1. The van der Waals surface area contributed by atoms with Gasteiger partial charge in [-0.15, -0.1) is 10.2 Å². The van der Waals surface area contributed by atoms with Crippen molar-refractivity contribution in [3.05, 3.63) is 39.4 Å². The molecule has 1 aliphatic carbocycles. The molecule has 0 radical (unpaired) electrons. The quantitative estimate of drug-likeness (QED) is 0.357. The number of carbonyl (C=O) groups is 2. The van der Waals surface area contributed by atoms with Crippen LogP contribution in [0.4, 0.5) is 10.8 Å². The van der Waals surface area contributed by atoms with Crippen LogP contribution in [-0.4, -0.2) is 69.8 Å². The second-order valence-corrected chi connectivity index (χ2v) is 10.4. The SMILES string of the molecule is Cc1c(C(=O)N2CCN(c3nnc(SCC(=O)NC4CCCC4)s3)CC2)cccc1[N+](=O)[O-]. The molecule has 0 bridgehead atoms. The molecule has 2 aliphatic rings. The van der Waals surface area contributed by atoms with Crippen molar-refractivity contribution in [1.29, 1.82) is 0 Å². The van der Waals surface area contributed by atoms with Gasteiger partial charge in [0.15, 0.2) is 4.34 Å². The number of hydrogen-bond acceptors (Lipinski definition) is 9. The number of amides is 2. The molecule has 2 fully saturated rings. The molecular formula is C21H26N6O4S2. The van der Waals surface area contributed by atoms with Crippen LogP contribution >= 0.6 is 23.1 Å². The average molecular weight is 491 g/mol. The zero-order valence-electron chi connectivity index (χ0n) is 18.4. The Kier molecular flexibility index (Phi) is 7.43. The third-order valence-electron chi connectivity index (χ3n) is 6.01. The monoisotopic (exact) mass is 490 g/mol. The summed E-state index contributed by atoms with van der Waals surface area (Å²) in [6, 6.07) is 4.90. The summed E-state index contributed by atoms with van der Waals surface area (Å²) >= 11 is 2.84. The number of thioether (sulfide) groups is 1. The van der Waals surface area contributed by atoms with Gasteiger partial charge in [-0.2, -0.15) is 0 Å². The van der Waals surface area contributed by atoms with Gasteiger partial charge in [0.05, 0.1) is 10.7 Å². The lowest BCUT2D eigenvalue weighted by Crippen LogP contribution is -2.49.